The molecular formula is C28H23ClF3N7O2. The number of benzene rings is 1. The van der Waals surface area contributed by atoms with E-state index in [1.54, 1.807) is 34.6 Å². The molecule has 3 N–H and O–H groups in total. The zero-order valence-electron chi connectivity index (χ0n) is 21.7. The standard InChI is InChI=1S/C28H23ClF3N7O2/c1-2-4-23(40)38-12-3-5-17(15-38)24-21-9-11-35-27(33)39(21)25(37-24)16-6-7-19(20(29)13-16)26(41)36-22-14-18(8-10-34-22)28(30,31)32/h6-11,13-14,17H,3,5,12,15H2,1H3,(H2,33,35)(H,34,36,41). The zero-order chi connectivity index (χ0) is 29.3. The van der Waals surface area contributed by atoms with E-state index in [4.69, 9.17) is 22.3 Å². The molecule has 1 aliphatic heterocycles. The van der Waals surface area contributed by atoms with Gasteiger partial charge in [-0.25, -0.2) is 15.0 Å². The van der Waals surface area contributed by atoms with Gasteiger partial charge in [0.15, 0.2) is 0 Å². The number of hydrogen-bond donors (Lipinski definition) is 2. The summed E-state index contributed by atoms with van der Waals surface area (Å²) in [5, 5.41) is 2.39. The third-order valence-electron chi connectivity index (χ3n) is 6.74. The molecule has 0 aliphatic carbocycles. The van der Waals surface area contributed by atoms with Gasteiger partial charge in [-0.3, -0.25) is 14.0 Å². The number of nitrogens with one attached hydrogen (secondary N) is 1. The molecule has 13 heteroatoms. The van der Waals surface area contributed by atoms with Gasteiger partial charge in [0.2, 0.25) is 5.95 Å². The van der Waals surface area contributed by atoms with E-state index >= 15 is 0 Å². The van der Waals surface area contributed by atoms with Crippen molar-refractivity contribution in [1.82, 2.24) is 24.3 Å². The summed E-state index contributed by atoms with van der Waals surface area (Å²) < 4.78 is 40.8. The Kier molecular flexibility index (Phi) is 7.55. The lowest BCUT2D eigenvalue weighted by Gasteiger charge is -2.30. The van der Waals surface area contributed by atoms with E-state index in [0.717, 1.165) is 42.4 Å². The fraction of sp³-hybridized carbons (Fsp3) is 0.250. The number of aromatic nitrogens is 4. The maximum absolute atomic E-state index is 13.0. The van der Waals surface area contributed by atoms with Crippen LogP contribution < -0.4 is 11.1 Å². The number of nitrogens with two attached hydrogens (primary N) is 1. The van der Waals surface area contributed by atoms with Crippen molar-refractivity contribution in [2.75, 3.05) is 24.1 Å². The number of halogens is 4. The maximum atomic E-state index is 13.0. The summed E-state index contributed by atoms with van der Waals surface area (Å²) in [7, 11) is 0. The number of nitrogen functional groups attached to an aromatic ring is 1. The number of carbonyl (C=O) groups is 2. The number of likely N-dealkylation sites (tertiary alicyclic amines) is 1. The van der Waals surface area contributed by atoms with E-state index in [-0.39, 0.29) is 34.2 Å². The highest BCUT2D eigenvalue weighted by atomic mass is 35.5. The number of rotatable bonds is 4. The lowest BCUT2D eigenvalue weighted by Crippen LogP contribution is -2.38. The van der Waals surface area contributed by atoms with E-state index in [9.17, 15) is 22.8 Å². The van der Waals surface area contributed by atoms with Crippen molar-refractivity contribution in [1.29, 1.82) is 0 Å². The molecule has 1 unspecified atom stereocenters. The van der Waals surface area contributed by atoms with Gasteiger partial charge in [-0.05, 0) is 56.0 Å². The number of anilines is 2. The van der Waals surface area contributed by atoms with Crippen LogP contribution in [0.1, 0.15) is 47.3 Å². The van der Waals surface area contributed by atoms with E-state index in [0.29, 0.717) is 24.5 Å². The Balaban J connectivity index is 1.46. The van der Waals surface area contributed by atoms with Gasteiger partial charge in [-0.1, -0.05) is 23.6 Å². The number of pyridine rings is 1. The number of amides is 2. The van der Waals surface area contributed by atoms with Gasteiger partial charge in [-0.15, -0.1) is 0 Å². The number of fused-ring (bicyclic) bond motifs is 1. The molecule has 4 heterocycles. The first-order chi connectivity index (χ1) is 19.6. The van der Waals surface area contributed by atoms with Crippen LogP contribution in [0.5, 0.6) is 0 Å². The minimum absolute atomic E-state index is 0.0280. The molecule has 0 spiro atoms. The predicted molar refractivity (Wildman–Crippen MR) is 147 cm³/mol. The number of piperidine rings is 1. The van der Waals surface area contributed by atoms with Gasteiger partial charge in [0, 0.05) is 37.0 Å². The van der Waals surface area contributed by atoms with Crippen molar-refractivity contribution in [3.63, 3.8) is 0 Å². The molecule has 1 fully saturated rings. The van der Waals surface area contributed by atoms with Crippen molar-refractivity contribution < 1.29 is 22.8 Å². The summed E-state index contributed by atoms with van der Waals surface area (Å²) in [5.74, 6) is 4.56. The topological polar surface area (TPSA) is 119 Å². The fourth-order valence-electron chi connectivity index (χ4n) is 4.85. The number of imidazole rings is 1. The molecule has 5 rings (SSSR count). The molecule has 9 nitrogen and oxygen atoms in total. The highest BCUT2D eigenvalue weighted by Crippen LogP contribution is 2.35. The third kappa shape index (κ3) is 5.67. The lowest BCUT2D eigenvalue weighted by atomic mass is 9.94. The molecule has 210 valence electrons. The van der Waals surface area contributed by atoms with E-state index in [2.05, 4.69) is 27.1 Å². The first kappa shape index (κ1) is 27.9. The minimum atomic E-state index is -4.58. The van der Waals surface area contributed by atoms with E-state index in [1.807, 2.05) is 0 Å². The Labute approximate surface area is 237 Å². The van der Waals surface area contributed by atoms with Crippen LogP contribution in [0.25, 0.3) is 16.9 Å². The van der Waals surface area contributed by atoms with Gasteiger partial charge in [0.1, 0.15) is 11.6 Å². The minimum Gasteiger partial charge on any atom is -0.369 e. The number of hydrogen-bond acceptors (Lipinski definition) is 6. The van der Waals surface area contributed by atoms with E-state index < -0.39 is 17.6 Å². The third-order valence-corrected chi connectivity index (χ3v) is 7.05. The van der Waals surface area contributed by atoms with Crippen LogP contribution in [0.2, 0.25) is 5.02 Å². The number of carbonyl (C=O) groups excluding carboxylic acids is 2. The van der Waals surface area contributed by atoms with Gasteiger partial charge >= 0.3 is 6.18 Å². The monoisotopic (exact) mass is 581 g/mol. The SMILES string of the molecule is CC#CC(=O)N1CCCC(c2nc(-c3ccc(C(=O)Nc4cc(C(F)(F)F)ccn4)c(Cl)c3)n3c(N)nccc23)C1. The van der Waals surface area contributed by atoms with Crippen LogP contribution in [0.3, 0.4) is 0 Å². The maximum Gasteiger partial charge on any atom is 0.416 e. The quantitative estimate of drug-likeness (QED) is 0.327. The second-order valence-electron chi connectivity index (χ2n) is 9.39. The van der Waals surface area contributed by atoms with Crippen LogP contribution in [0.4, 0.5) is 24.9 Å². The predicted octanol–water partition coefficient (Wildman–Crippen LogP) is 5.03. The molecule has 4 aromatic rings. The molecule has 1 aromatic carbocycles. The molecule has 0 radical (unpaired) electrons. The van der Waals surface area contributed by atoms with Crippen LogP contribution in [-0.4, -0.2) is 49.2 Å². The molecule has 1 saturated heterocycles. The van der Waals surface area contributed by atoms with E-state index in [1.165, 1.54) is 12.1 Å². The summed E-state index contributed by atoms with van der Waals surface area (Å²) in [4.78, 5) is 39.8. The Morgan fingerprint density at radius 2 is 1.93 bits per heavy atom. The van der Waals surface area contributed by atoms with Gasteiger partial charge in [-0.2, -0.15) is 13.2 Å². The van der Waals surface area contributed by atoms with Gasteiger partial charge in [0.05, 0.1) is 27.4 Å². The zero-order valence-corrected chi connectivity index (χ0v) is 22.4. The van der Waals surface area contributed by atoms with Crippen LogP contribution in [0, 0.1) is 11.8 Å². The summed E-state index contributed by atoms with van der Waals surface area (Å²) in [5.41, 5.74) is 7.32. The second kappa shape index (κ2) is 11.1. The number of nitrogens with zero attached hydrogens (tertiary/aromatic N) is 5. The molecule has 0 bridgehead atoms. The van der Waals surface area contributed by atoms with Crippen LogP contribution in [-0.2, 0) is 11.0 Å². The Morgan fingerprint density at radius 1 is 1.15 bits per heavy atom. The summed E-state index contributed by atoms with van der Waals surface area (Å²) in [6.45, 7) is 2.68. The first-order valence-electron chi connectivity index (χ1n) is 12.6. The summed E-state index contributed by atoms with van der Waals surface area (Å²) in [6.07, 6.45) is -0.453. The van der Waals surface area contributed by atoms with Crippen molar-refractivity contribution >= 4 is 40.7 Å². The Hall–Kier alpha value is -4.63. The number of alkyl halides is 3. The Bertz CT molecular complexity index is 1730. The smallest absolute Gasteiger partial charge is 0.369 e. The first-order valence-corrected chi connectivity index (χ1v) is 12.9. The summed E-state index contributed by atoms with van der Waals surface area (Å²) in [6, 6.07) is 7.91. The largest absolute Gasteiger partial charge is 0.416 e. The average Bonchev–Trinajstić information content (AvgIpc) is 3.34. The van der Waals surface area contributed by atoms with Gasteiger partial charge in [0.25, 0.3) is 11.8 Å². The van der Waals surface area contributed by atoms with Crippen molar-refractivity contribution in [3.05, 3.63) is 70.6 Å². The fourth-order valence-corrected chi connectivity index (χ4v) is 5.11. The molecule has 3 aromatic heterocycles. The molecule has 1 aliphatic rings. The highest BCUT2D eigenvalue weighted by molar-refractivity contribution is 6.34. The molecule has 0 saturated carbocycles. The second-order valence-corrected chi connectivity index (χ2v) is 9.79. The highest BCUT2D eigenvalue weighted by Gasteiger charge is 2.31. The average molecular weight is 582 g/mol. The summed E-state index contributed by atoms with van der Waals surface area (Å²) >= 11 is 6.47. The lowest BCUT2D eigenvalue weighted by molar-refractivity contribution is -0.137. The van der Waals surface area contributed by atoms with Crippen molar-refractivity contribution in [2.45, 2.75) is 31.9 Å². The van der Waals surface area contributed by atoms with Crippen molar-refractivity contribution in [3.8, 4) is 23.2 Å². The molecular weight excluding hydrogens is 559 g/mol. The van der Waals surface area contributed by atoms with Crippen molar-refractivity contribution in [2.24, 2.45) is 0 Å². The van der Waals surface area contributed by atoms with Crippen LogP contribution in [0.15, 0.2) is 48.8 Å². The normalized spacial score (nSPS) is 15.3. The molecule has 2 amide bonds. The Morgan fingerprint density at radius 3 is 2.66 bits per heavy atom. The van der Waals surface area contributed by atoms with Gasteiger partial charge < -0.3 is 16.0 Å². The molecule has 1 atom stereocenters. The van der Waals surface area contributed by atoms with Crippen LogP contribution >= 0.6 is 11.6 Å². The molecule has 41 heavy (non-hydrogen) atoms.